The lowest BCUT2D eigenvalue weighted by Gasteiger charge is -2.13. The Hall–Kier alpha value is -4.42. The van der Waals surface area contributed by atoms with E-state index in [0.29, 0.717) is 0 Å². The summed E-state index contributed by atoms with van der Waals surface area (Å²) in [5, 5.41) is 23.8. The first-order chi connectivity index (χ1) is 15.1. The van der Waals surface area contributed by atoms with Gasteiger partial charge in [0.25, 0.3) is 0 Å². The number of hydrogen-bond acceptors (Lipinski definition) is 8. The molecule has 1 heterocycles. The SMILES string of the molecule is O=C(O)c1ccccc1Nc1nc(Nc2ccccc2C(=O)O)nc(OCC(F)(F)F)n1. The number of carbonyl (C=O) groups is 2. The molecule has 10 nitrogen and oxygen atoms in total. The fourth-order valence-corrected chi connectivity index (χ4v) is 2.48. The lowest BCUT2D eigenvalue weighted by molar-refractivity contribution is -0.154. The highest BCUT2D eigenvalue weighted by atomic mass is 19.4. The number of carboxylic acid groups (broad SMARTS) is 2. The molecule has 3 rings (SSSR count). The van der Waals surface area contributed by atoms with E-state index in [0.717, 1.165) is 0 Å². The van der Waals surface area contributed by atoms with Gasteiger partial charge in [-0.05, 0) is 24.3 Å². The van der Waals surface area contributed by atoms with E-state index in [9.17, 15) is 33.0 Å². The molecule has 0 aliphatic rings. The Kier molecular flexibility index (Phi) is 6.37. The second-order valence-corrected chi connectivity index (χ2v) is 6.12. The van der Waals surface area contributed by atoms with Gasteiger partial charge in [-0.3, -0.25) is 0 Å². The van der Waals surface area contributed by atoms with Crippen molar-refractivity contribution in [3.05, 3.63) is 59.7 Å². The zero-order valence-corrected chi connectivity index (χ0v) is 15.9. The van der Waals surface area contributed by atoms with Crippen LogP contribution in [0, 0.1) is 0 Å². The number of hydrogen-bond donors (Lipinski definition) is 4. The quantitative estimate of drug-likeness (QED) is 0.401. The molecular formula is C19H14F3N5O5. The lowest BCUT2D eigenvalue weighted by atomic mass is 10.2. The van der Waals surface area contributed by atoms with Crippen molar-refractivity contribution in [3.63, 3.8) is 0 Å². The standard InChI is InChI=1S/C19H14F3N5O5/c20-19(21,22)9-32-18-26-16(23-12-7-3-1-5-10(12)14(28)29)25-17(27-18)24-13-8-4-2-6-11(13)15(30)31/h1-8H,9H2,(H,28,29)(H,30,31)(H2,23,24,25,26,27). The Labute approximate surface area is 177 Å². The molecule has 32 heavy (non-hydrogen) atoms. The number of alkyl halides is 3. The van der Waals surface area contributed by atoms with E-state index in [4.69, 9.17) is 0 Å². The molecule has 0 radical (unpaired) electrons. The van der Waals surface area contributed by atoms with Crippen LogP contribution >= 0.6 is 0 Å². The Morgan fingerprint density at radius 1 is 0.812 bits per heavy atom. The van der Waals surface area contributed by atoms with Gasteiger partial charge >= 0.3 is 24.1 Å². The molecule has 0 aliphatic heterocycles. The summed E-state index contributed by atoms with van der Waals surface area (Å²) in [6, 6.07) is 10.7. The van der Waals surface area contributed by atoms with Gasteiger partial charge < -0.3 is 25.6 Å². The fourth-order valence-electron chi connectivity index (χ4n) is 2.48. The maximum absolute atomic E-state index is 12.6. The maximum Gasteiger partial charge on any atom is 0.422 e. The number of aromatic carboxylic acids is 2. The van der Waals surface area contributed by atoms with Crippen molar-refractivity contribution in [2.75, 3.05) is 17.2 Å². The number of nitrogens with one attached hydrogen (secondary N) is 2. The number of anilines is 4. The largest absolute Gasteiger partial charge is 0.478 e. The Balaban J connectivity index is 1.98. The van der Waals surface area contributed by atoms with Gasteiger partial charge in [0.05, 0.1) is 22.5 Å². The number of halogens is 3. The highest BCUT2D eigenvalue weighted by Crippen LogP contribution is 2.24. The van der Waals surface area contributed by atoms with Crippen LogP contribution in [0.1, 0.15) is 20.7 Å². The first kappa shape index (κ1) is 22.3. The van der Waals surface area contributed by atoms with E-state index in [-0.39, 0.29) is 34.4 Å². The van der Waals surface area contributed by atoms with Crippen molar-refractivity contribution >= 4 is 35.2 Å². The van der Waals surface area contributed by atoms with Crippen LogP contribution in [0.4, 0.5) is 36.4 Å². The van der Waals surface area contributed by atoms with Crippen LogP contribution in [0.25, 0.3) is 0 Å². The van der Waals surface area contributed by atoms with E-state index >= 15 is 0 Å². The third kappa shape index (κ3) is 5.81. The fraction of sp³-hybridized carbons (Fsp3) is 0.105. The van der Waals surface area contributed by atoms with Crippen LogP contribution in [0.3, 0.4) is 0 Å². The minimum atomic E-state index is -4.67. The highest BCUT2D eigenvalue weighted by Gasteiger charge is 2.29. The second-order valence-electron chi connectivity index (χ2n) is 6.12. The average Bonchev–Trinajstić information content (AvgIpc) is 2.72. The smallest absolute Gasteiger partial charge is 0.422 e. The van der Waals surface area contributed by atoms with Gasteiger partial charge in [-0.25, -0.2) is 9.59 Å². The topological polar surface area (TPSA) is 147 Å². The van der Waals surface area contributed by atoms with E-state index in [1.54, 1.807) is 0 Å². The minimum Gasteiger partial charge on any atom is -0.478 e. The van der Waals surface area contributed by atoms with Gasteiger partial charge in [0.15, 0.2) is 6.61 Å². The molecule has 13 heteroatoms. The summed E-state index contributed by atoms with van der Waals surface area (Å²) in [6.07, 6.45) is -4.67. The number of nitrogens with zero attached hydrogens (tertiary/aromatic N) is 3. The maximum atomic E-state index is 12.6. The van der Waals surface area contributed by atoms with Crippen molar-refractivity contribution in [2.24, 2.45) is 0 Å². The van der Waals surface area contributed by atoms with Crippen LogP contribution in [0.5, 0.6) is 6.01 Å². The van der Waals surface area contributed by atoms with Gasteiger partial charge in [0, 0.05) is 0 Å². The van der Waals surface area contributed by atoms with Gasteiger partial charge in [-0.2, -0.15) is 28.1 Å². The Morgan fingerprint density at radius 2 is 1.25 bits per heavy atom. The number of para-hydroxylation sites is 2. The van der Waals surface area contributed by atoms with E-state index in [1.165, 1.54) is 48.5 Å². The molecule has 0 bridgehead atoms. The molecule has 2 aromatic carbocycles. The zero-order chi connectivity index (χ0) is 23.3. The summed E-state index contributed by atoms with van der Waals surface area (Å²) in [4.78, 5) is 34.2. The highest BCUT2D eigenvalue weighted by molar-refractivity contribution is 5.95. The summed E-state index contributed by atoms with van der Waals surface area (Å²) in [5.74, 6) is -3.18. The second kappa shape index (κ2) is 9.16. The molecule has 0 fully saturated rings. The number of rotatable bonds is 8. The summed E-state index contributed by atoms with van der Waals surface area (Å²) in [5.41, 5.74) is -0.164. The van der Waals surface area contributed by atoms with E-state index in [2.05, 4.69) is 30.3 Å². The monoisotopic (exact) mass is 449 g/mol. The summed E-state index contributed by atoms with van der Waals surface area (Å²) in [7, 11) is 0. The Bertz CT molecular complexity index is 1080. The van der Waals surface area contributed by atoms with Gasteiger partial charge in [0.1, 0.15) is 0 Å². The lowest BCUT2D eigenvalue weighted by Crippen LogP contribution is -2.20. The van der Waals surface area contributed by atoms with Crippen molar-refractivity contribution < 1.29 is 37.7 Å². The van der Waals surface area contributed by atoms with Gasteiger partial charge in [-0.15, -0.1) is 0 Å². The summed E-state index contributed by atoms with van der Waals surface area (Å²) < 4.78 is 42.3. The number of carboxylic acids is 2. The van der Waals surface area contributed by atoms with Crippen LogP contribution in [0.15, 0.2) is 48.5 Å². The molecule has 0 saturated carbocycles. The van der Waals surface area contributed by atoms with Crippen LogP contribution in [0.2, 0.25) is 0 Å². The number of aromatic nitrogens is 3. The molecule has 166 valence electrons. The molecular weight excluding hydrogens is 435 g/mol. The summed E-state index contributed by atoms with van der Waals surface area (Å²) in [6.45, 7) is -1.69. The van der Waals surface area contributed by atoms with Gasteiger partial charge in [-0.1, -0.05) is 24.3 Å². The predicted octanol–water partition coefficient (Wildman–Crippen LogP) is 3.70. The van der Waals surface area contributed by atoms with Crippen LogP contribution in [-0.2, 0) is 0 Å². The first-order valence-electron chi connectivity index (χ1n) is 8.77. The molecule has 0 spiro atoms. The van der Waals surface area contributed by atoms with E-state index in [1.807, 2.05) is 0 Å². The minimum absolute atomic E-state index is 0.0601. The number of benzene rings is 2. The Morgan fingerprint density at radius 3 is 1.66 bits per heavy atom. The van der Waals surface area contributed by atoms with Crippen LogP contribution in [-0.4, -0.2) is 49.9 Å². The first-order valence-corrected chi connectivity index (χ1v) is 8.77. The zero-order valence-electron chi connectivity index (χ0n) is 15.9. The number of ether oxygens (including phenoxy) is 1. The van der Waals surface area contributed by atoms with Crippen molar-refractivity contribution in [3.8, 4) is 6.01 Å². The molecule has 0 atom stereocenters. The molecule has 0 amide bonds. The molecule has 0 aliphatic carbocycles. The third-order valence-electron chi connectivity index (χ3n) is 3.79. The van der Waals surface area contributed by atoms with Crippen molar-refractivity contribution in [1.82, 2.24) is 15.0 Å². The molecule has 3 aromatic rings. The van der Waals surface area contributed by atoms with Crippen molar-refractivity contribution in [2.45, 2.75) is 6.18 Å². The molecule has 4 N–H and O–H groups in total. The van der Waals surface area contributed by atoms with E-state index < -0.39 is 30.7 Å². The molecule has 1 aromatic heterocycles. The van der Waals surface area contributed by atoms with Gasteiger partial charge in [0.2, 0.25) is 11.9 Å². The average molecular weight is 449 g/mol. The third-order valence-corrected chi connectivity index (χ3v) is 3.79. The molecule has 0 saturated heterocycles. The molecule has 0 unspecified atom stereocenters. The summed E-state index contributed by atoms with van der Waals surface area (Å²) >= 11 is 0. The predicted molar refractivity (Wildman–Crippen MR) is 105 cm³/mol. The van der Waals surface area contributed by atoms with Crippen molar-refractivity contribution in [1.29, 1.82) is 0 Å². The van der Waals surface area contributed by atoms with Crippen LogP contribution < -0.4 is 15.4 Å². The normalized spacial score (nSPS) is 11.0.